The van der Waals surface area contributed by atoms with E-state index in [-0.39, 0.29) is 5.82 Å². The molecule has 4 rings (SSSR count). The van der Waals surface area contributed by atoms with Gasteiger partial charge in [0.25, 0.3) is 0 Å². The Bertz CT molecular complexity index is 1020. The fourth-order valence-corrected chi connectivity index (χ4v) is 9.04. The topological polar surface area (TPSA) is 0 Å². The molecule has 0 bridgehead atoms. The third kappa shape index (κ3) is 6.80. The summed E-state index contributed by atoms with van der Waals surface area (Å²) < 4.78 is 15.1. The monoisotopic (exact) mass is 478 g/mol. The van der Waals surface area contributed by atoms with Crippen molar-refractivity contribution in [3.05, 3.63) is 94.3 Å². The molecule has 3 aromatic rings. The molecule has 0 nitrogen and oxygen atoms in total. The summed E-state index contributed by atoms with van der Waals surface area (Å²) in [5.41, 5.74) is 5.42. The molecule has 1 saturated heterocycles. The quantitative estimate of drug-likeness (QED) is 0.283. The first-order chi connectivity index (χ1) is 16.0. The highest BCUT2D eigenvalue weighted by atomic mass is 35.5. The third-order valence-electron chi connectivity index (χ3n) is 7.34. The van der Waals surface area contributed by atoms with Crippen LogP contribution in [0.3, 0.4) is 0 Å². The van der Waals surface area contributed by atoms with Gasteiger partial charge in [0.1, 0.15) is 5.82 Å². The summed E-state index contributed by atoms with van der Waals surface area (Å²) in [6, 6.07) is 26.7. The van der Waals surface area contributed by atoms with E-state index in [0.717, 1.165) is 29.3 Å². The van der Waals surface area contributed by atoms with Gasteiger partial charge in [0.05, 0.1) is 0 Å². The highest BCUT2D eigenvalue weighted by molar-refractivity contribution is 6.59. The molecule has 1 aliphatic rings. The van der Waals surface area contributed by atoms with Crippen molar-refractivity contribution in [3.8, 4) is 11.1 Å². The summed E-state index contributed by atoms with van der Waals surface area (Å²) in [4.78, 5) is 0. The second-order valence-electron chi connectivity index (χ2n) is 10.3. The molecule has 0 radical (unpaired) electrons. The second kappa shape index (κ2) is 11.5. The highest BCUT2D eigenvalue weighted by Crippen LogP contribution is 2.37. The largest absolute Gasteiger partial charge is 0.206 e. The zero-order chi connectivity index (χ0) is 23.2. The maximum absolute atomic E-state index is 15.1. The Morgan fingerprint density at radius 2 is 1.48 bits per heavy atom. The van der Waals surface area contributed by atoms with Gasteiger partial charge in [0.15, 0.2) is 0 Å². The number of halogens is 2. The minimum absolute atomic E-state index is 0.0828. The van der Waals surface area contributed by atoms with Crippen molar-refractivity contribution in [2.45, 2.75) is 70.0 Å². The van der Waals surface area contributed by atoms with Crippen LogP contribution in [-0.2, 0) is 12.8 Å². The lowest BCUT2D eigenvalue weighted by molar-refractivity contribution is 0.579. The fourth-order valence-electron chi connectivity index (χ4n) is 5.16. The first kappa shape index (κ1) is 24.2. The Kier molecular flexibility index (Phi) is 8.43. The molecule has 3 aromatic carbocycles. The van der Waals surface area contributed by atoms with Gasteiger partial charge in [-0.3, -0.25) is 0 Å². The van der Waals surface area contributed by atoms with Crippen LogP contribution in [0.25, 0.3) is 11.1 Å². The lowest BCUT2D eigenvalue weighted by Crippen LogP contribution is -2.20. The van der Waals surface area contributed by atoms with E-state index in [0.29, 0.717) is 11.5 Å². The van der Waals surface area contributed by atoms with Crippen LogP contribution in [0.15, 0.2) is 66.7 Å². The maximum atomic E-state index is 15.1. The van der Waals surface area contributed by atoms with Crippen molar-refractivity contribution < 1.29 is 4.39 Å². The standard InChI is InChI=1S/C30H36ClFSi/c1-22(2)15-18-33-19-16-25(17-20-33)27-11-14-29(30(32)21-27)26-9-5-23(6-10-26)3-4-24-7-12-28(31)13-8-24/h5-14,21-22,25,33H,3-4,15-20H2,1-2H3. The van der Waals surface area contributed by atoms with Crippen LogP contribution in [0.1, 0.15) is 55.7 Å². The van der Waals surface area contributed by atoms with Gasteiger partial charge in [0, 0.05) is 19.4 Å². The predicted molar refractivity (Wildman–Crippen MR) is 144 cm³/mol. The molecule has 1 heterocycles. The molecule has 0 aliphatic carbocycles. The van der Waals surface area contributed by atoms with Gasteiger partial charge < -0.3 is 0 Å². The minimum atomic E-state index is -0.549. The zero-order valence-corrected chi connectivity index (χ0v) is 21.9. The second-order valence-corrected chi connectivity index (χ2v) is 14.2. The molecular formula is C30H36ClFSi. The first-order valence-electron chi connectivity index (χ1n) is 12.6. The van der Waals surface area contributed by atoms with Crippen molar-refractivity contribution in [2.75, 3.05) is 0 Å². The van der Waals surface area contributed by atoms with E-state index in [9.17, 15) is 0 Å². The van der Waals surface area contributed by atoms with E-state index >= 15 is 4.39 Å². The van der Waals surface area contributed by atoms with Crippen molar-refractivity contribution in [1.29, 1.82) is 0 Å². The smallest absolute Gasteiger partial charge is 0.131 e. The van der Waals surface area contributed by atoms with Crippen LogP contribution in [0.5, 0.6) is 0 Å². The highest BCUT2D eigenvalue weighted by Gasteiger charge is 2.24. The molecular weight excluding hydrogens is 443 g/mol. The van der Waals surface area contributed by atoms with Crippen LogP contribution >= 0.6 is 11.6 Å². The number of aryl methyl sites for hydroxylation is 2. The fraction of sp³-hybridized carbons (Fsp3) is 0.400. The lowest BCUT2D eigenvalue weighted by atomic mass is 9.91. The van der Waals surface area contributed by atoms with E-state index in [1.807, 2.05) is 24.3 Å². The zero-order valence-electron chi connectivity index (χ0n) is 20.0. The van der Waals surface area contributed by atoms with Crippen molar-refractivity contribution >= 4 is 20.4 Å². The van der Waals surface area contributed by atoms with E-state index in [4.69, 9.17) is 11.6 Å². The molecule has 0 amide bonds. The van der Waals surface area contributed by atoms with E-state index < -0.39 is 8.80 Å². The van der Waals surface area contributed by atoms with Crippen molar-refractivity contribution in [1.82, 2.24) is 0 Å². The Morgan fingerprint density at radius 3 is 2.06 bits per heavy atom. The van der Waals surface area contributed by atoms with Crippen molar-refractivity contribution in [2.24, 2.45) is 5.92 Å². The van der Waals surface area contributed by atoms with Crippen LogP contribution in [-0.4, -0.2) is 8.80 Å². The summed E-state index contributed by atoms with van der Waals surface area (Å²) in [5.74, 6) is 1.29. The molecule has 33 heavy (non-hydrogen) atoms. The molecule has 0 unspecified atom stereocenters. The lowest BCUT2D eigenvalue weighted by Gasteiger charge is -2.28. The Morgan fingerprint density at radius 1 is 0.879 bits per heavy atom. The maximum Gasteiger partial charge on any atom is 0.131 e. The number of rotatable bonds is 8. The van der Waals surface area contributed by atoms with Gasteiger partial charge in [0.2, 0.25) is 0 Å². The van der Waals surface area contributed by atoms with Gasteiger partial charge in [-0.25, -0.2) is 4.39 Å². The van der Waals surface area contributed by atoms with Crippen molar-refractivity contribution in [3.63, 3.8) is 0 Å². The Labute approximate surface area is 205 Å². The molecule has 3 heteroatoms. The first-order valence-corrected chi connectivity index (χ1v) is 15.4. The van der Waals surface area contributed by atoms with E-state index in [2.05, 4.69) is 56.3 Å². The van der Waals surface area contributed by atoms with E-state index in [1.54, 1.807) is 0 Å². The molecule has 0 atom stereocenters. The van der Waals surface area contributed by atoms with Gasteiger partial charge in [-0.2, -0.15) is 0 Å². The molecule has 0 spiro atoms. The minimum Gasteiger partial charge on any atom is -0.206 e. The average Bonchev–Trinajstić information content (AvgIpc) is 2.83. The summed E-state index contributed by atoms with van der Waals surface area (Å²) in [6.07, 6.45) is 5.85. The average molecular weight is 479 g/mol. The summed E-state index contributed by atoms with van der Waals surface area (Å²) in [7, 11) is -0.549. The number of hydrogen-bond donors (Lipinski definition) is 0. The SMILES string of the molecule is CC(C)CC[SiH]1CCC(c2ccc(-c3ccc(CCc4ccc(Cl)cc4)cc3)c(F)c2)CC1. The van der Waals surface area contributed by atoms with Crippen LogP contribution in [0.2, 0.25) is 23.2 Å². The number of benzene rings is 3. The molecule has 1 fully saturated rings. The Hall–Kier alpha value is -1.90. The van der Waals surface area contributed by atoms with Gasteiger partial charge in [-0.15, -0.1) is 0 Å². The summed E-state index contributed by atoms with van der Waals surface area (Å²) >= 11 is 5.97. The molecule has 174 valence electrons. The predicted octanol–water partition coefficient (Wildman–Crippen LogP) is 9.08. The van der Waals surface area contributed by atoms with Gasteiger partial charge >= 0.3 is 0 Å². The van der Waals surface area contributed by atoms with E-state index in [1.165, 1.54) is 54.1 Å². The number of hydrogen-bond acceptors (Lipinski definition) is 0. The Balaban J connectivity index is 1.34. The normalized spacial score (nSPS) is 18.6. The third-order valence-corrected chi connectivity index (χ3v) is 11.0. The van der Waals surface area contributed by atoms with Crippen LogP contribution in [0.4, 0.5) is 4.39 Å². The van der Waals surface area contributed by atoms with Crippen LogP contribution < -0.4 is 0 Å². The molecule has 1 aliphatic heterocycles. The molecule has 0 N–H and O–H groups in total. The van der Waals surface area contributed by atoms with Gasteiger partial charge in [-0.05, 0) is 78.0 Å². The summed E-state index contributed by atoms with van der Waals surface area (Å²) in [5, 5.41) is 0.771. The van der Waals surface area contributed by atoms with Crippen LogP contribution in [0, 0.1) is 11.7 Å². The summed E-state index contributed by atoms with van der Waals surface area (Å²) in [6.45, 7) is 4.67. The molecule has 0 saturated carbocycles. The molecule has 0 aromatic heterocycles. The van der Waals surface area contributed by atoms with Gasteiger partial charge in [-0.1, -0.05) is 98.5 Å².